The van der Waals surface area contributed by atoms with E-state index in [0.29, 0.717) is 25.3 Å². The first-order valence-corrected chi connectivity index (χ1v) is 9.27. The zero-order chi connectivity index (χ0) is 21.1. The normalized spacial score (nSPS) is 22.7. The van der Waals surface area contributed by atoms with Gasteiger partial charge in [-0.15, -0.1) is 0 Å². The van der Waals surface area contributed by atoms with Gasteiger partial charge in [0.1, 0.15) is 11.5 Å². The van der Waals surface area contributed by atoms with Crippen LogP contribution >= 0.6 is 0 Å². The summed E-state index contributed by atoms with van der Waals surface area (Å²) in [5.74, 6) is -0.132. The van der Waals surface area contributed by atoms with Crippen molar-refractivity contribution < 1.29 is 23.9 Å². The Bertz CT molecular complexity index is 915. The lowest BCUT2D eigenvalue weighted by atomic mass is 9.89. The number of hydrogen-bond acceptors (Lipinski definition) is 4. The van der Waals surface area contributed by atoms with Gasteiger partial charge >= 0.3 is 0 Å². The molecule has 0 aliphatic carbocycles. The van der Waals surface area contributed by atoms with Gasteiger partial charge in [0.2, 0.25) is 5.91 Å². The molecule has 0 saturated carbocycles. The molecule has 9 heteroatoms. The highest BCUT2D eigenvalue weighted by Gasteiger charge is 2.49. The van der Waals surface area contributed by atoms with Crippen molar-refractivity contribution in [2.24, 2.45) is 11.8 Å². The molecular formula is C20H23FN4O4. The standard InChI is InChI=1S/C19H21FN4O2.CH2O2/c1-11-17(22-10-21-11)19(26)23-7-14-8-24(12(2)25)18(16(14)9-23)13-4-3-5-15(20)6-13;2-1-3/h3-6,10,14,16,18H,7-9H2,1-2H3,(H,21,22);1H,(H,2,3)/t14-,16-,18+;/m1./s1. The zero-order valence-corrected chi connectivity index (χ0v) is 16.2. The van der Waals surface area contributed by atoms with Crippen molar-refractivity contribution in [2.45, 2.75) is 19.9 Å². The van der Waals surface area contributed by atoms with Gasteiger partial charge in [-0.05, 0) is 24.6 Å². The lowest BCUT2D eigenvalue weighted by Gasteiger charge is -2.29. The first-order chi connectivity index (χ1) is 13.9. The molecule has 0 unspecified atom stereocenters. The molecular weight excluding hydrogens is 379 g/mol. The number of aryl methyl sites for hydroxylation is 1. The fourth-order valence-corrected chi connectivity index (χ4v) is 4.38. The number of benzene rings is 1. The van der Waals surface area contributed by atoms with E-state index < -0.39 is 0 Å². The van der Waals surface area contributed by atoms with Crippen LogP contribution in [0.2, 0.25) is 0 Å². The SMILES string of the molecule is CC(=O)N1C[C@H]2CN(C(=O)c3nc[nH]c3C)C[C@H]2[C@@H]1c1cccc(F)c1.O=CO. The third kappa shape index (κ3) is 3.98. The van der Waals surface area contributed by atoms with Gasteiger partial charge in [0.05, 0.1) is 12.4 Å². The fraction of sp³-hybridized carbons (Fsp3) is 0.400. The molecule has 2 amide bonds. The molecule has 8 nitrogen and oxygen atoms in total. The van der Waals surface area contributed by atoms with Crippen LogP contribution in [0.25, 0.3) is 0 Å². The number of carboxylic acid groups (broad SMARTS) is 1. The number of H-pyrrole nitrogens is 1. The number of likely N-dealkylation sites (tertiary alicyclic amines) is 2. The third-order valence-corrected chi connectivity index (χ3v) is 5.58. The topological polar surface area (TPSA) is 107 Å². The second-order valence-corrected chi connectivity index (χ2v) is 7.29. The Morgan fingerprint density at radius 3 is 2.62 bits per heavy atom. The van der Waals surface area contributed by atoms with Crippen LogP contribution in [-0.2, 0) is 9.59 Å². The minimum atomic E-state index is -0.312. The average Bonchev–Trinajstić information content (AvgIpc) is 3.35. The van der Waals surface area contributed by atoms with Crippen LogP contribution in [0, 0.1) is 24.6 Å². The number of imidazole rings is 1. The van der Waals surface area contributed by atoms with E-state index in [1.807, 2.05) is 22.8 Å². The van der Waals surface area contributed by atoms with Gasteiger partial charge in [0.25, 0.3) is 12.4 Å². The Morgan fingerprint density at radius 2 is 2.03 bits per heavy atom. The summed E-state index contributed by atoms with van der Waals surface area (Å²) in [5.41, 5.74) is 1.98. The maximum Gasteiger partial charge on any atom is 0.290 e. The number of hydrogen-bond donors (Lipinski definition) is 2. The molecule has 29 heavy (non-hydrogen) atoms. The van der Waals surface area contributed by atoms with E-state index >= 15 is 0 Å². The smallest absolute Gasteiger partial charge is 0.290 e. The number of aromatic nitrogens is 2. The molecule has 1 aromatic heterocycles. The lowest BCUT2D eigenvalue weighted by Crippen LogP contribution is -2.36. The van der Waals surface area contributed by atoms with Crippen LogP contribution in [0.1, 0.15) is 34.7 Å². The quantitative estimate of drug-likeness (QED) is 0.746. The molecule has 154 valence electrons. The van der Waals surface area contributed by atoms with E-state index in [2.05, 4.69) is 9.97 Å². The largest absolute Gasteiger partial charge is 0.483 e. The first-order valence-electron chi connectivity index (χ1n) is 9.27. The molecule has 2 fully saturated rings. The Hall–Kier alpha value is -3.23. The Labute approximate surface area is 167 Å². The number of rotatable bonds is 2. The predicted octanol–water partition coefficient (Wildman–Crippen LogP) is 1.85. The summed E-state index contributed by atoms with van der Waals surface area (Å²) < 4.78 is 13.7. The second kappa shape index (κ2) is 8.42. The van der Waals surface area contributed by atoms with Crippen molar-refractivity contribution in [1.29, 1.82) is 0 Å². The van der Waals surface area contributed by atoms with Gasteiger partial charge < -0.3 is 19.9 Å². The number of carbonyl (C=O) groups excluding carboxylic acids is 2. The summed E-state index contributed by atoms with van der Waals surface area (Å²) in [6, 6.07) is 6.21. The van der Waals surface area contributed by atoms with Crippen LogP contribution in [0.4, 0.5) is 4.39 Å². The molecule has 2 saturated heterocycles. The summed E-state index contributed by atoms with van der Waals surface area (Å²) in [6.07, 6.45) is 1.52. The van der Waals surface area contributed by atoms with Gasteiger partial charge in [0, 0.05) is 44.1 Å². The molecule has 0 bridgehead atoms. The number of aromatic amines is 1. The van der Waals surface area contributed by atoms with Crippen molar-refractivity contribution in [3.63, 3.8) is 0 Å². The highest BCUT2D eigenvalue weighted by Crippen LogP contribution is 2.45. The monoisotopic (exact) mass is 402 g/mol. The number of nitrogens with zero attached hydrogens (tertiary/aromatic N) is 3. The van der Waals surface area contributed by atoms with Gasteiger partial charge in [0.15, 0.2) is 0 Å². The molecule has 2 aromatic rings. The molecule has 3 atom stereocenters. The van der Waals surface area contributed by atoms with Gasteiger partial charge in [-0.1, -0.05) is 12.1 Å². The van der Waals surface area contributed by atoms with Crippen molar-refractivity contribution in [3.8, 4) is 0 Å². The van der Waals surface area contributed by atoms with Gasteiger partial charge in [-0.2, -0.15) is 0 Å². The van der Waals surface area contributed by atoms with Crippen molar-refractivity contribution in [3.05, 3.63) is 53.4 Å². The van der Waals surface area contributed by atoms with Crippen LogP contribution in [0.15, 0.2) is 30.6 Å². The van der Waals surface area contributed by atoms with Crippen LogP contribution in [0.3, 0.4) is 0 Å². The van der Waals surface area contributed by atoms with E-state index in [9.17, 15) is 14.0 Å². The molecule has 4 rings (SSSR count). The van der Waals surface area contributed by atoms with Crippen LogP contribution in [-0.4, -0.2) is 62.8 Å². The summed E-state index contributed by atoms with van der Waals surface area (Å²) in [4.78, 5) is 43.9. The van der Waals surface area contributed by atoms with E-state index in [1.54, 1.807) is 13.0 Å². The number of halogens is 1. The number of carbonyl (C=O) groups is 3. The minimum absolute atomic E-state index is 0.0188. The first kappa shape index (κ1) is 20.5. The molecule has 2 N–H and O–H groups in total. The Morgan fingerprint density at radius 1 is 1.31 bits per heavy atom. The van der Waals surface area contributed by atoms with Crippen molar-refractivity contribution >= 4 is 18.3 Å². The van der Waals surface area contributed by atoms with Crippen molar-refractivity contribution in [1.82, 2.24) is 19.8 Å². The Balaban J connectivity index is 0.000000755. The number of fused-ring (bicyclic) bond motifs is 1. The van der Waals surface area contributed by atoms with Crippen LogP contribution < -0.4 is 0 Å². The molecule has 3 heterocycles. The number of nitrogens with one attached hydrogen (secondary N) is 1. The van der Waals surface area contributed by atoms with Crippen LogP contribution in [0.5, 0.6) is 0 Å². The Kier molecular flexibility index (Phi) is 5.95. The molecule has 0 spiro atoms. The zero-order valence-electron chi connectivity index (χ0n) is 16.2. The summed E-state index contributed by atoms with van der Waals surface area (Å²) in [5, 5.41) is 6.89. The number of amides is 2. The van der Waals surface area contributed by atoms with Crippen molar-refractivity contribution in [2.75, 3.05) is 19.6 Å². The van der Waals surface area contributed by atoms with Gasteiger partial charge in [-0.25, -0.2) is 9.37 Å². The predicted molar refractivity (Wildman–Crippen MR) is 101 cm³/mol. The maximum atomic E-state index is 13.7. The van der Waals surface area contributed by atoms with E-state index in [0.717, 1.165) is 11.3 Å². The molecule has 2 aliphatic rings. The minimum Gasteiger partial charge on any atom is -0.483 e. The molecule has 2 aliphatic heterocycles. The highest BCUT2D eigenvalue weighted by molar-refractivity contribution is 5.93. The molecule has 0 radical (unpaired) electrons. The summed E-state index contributed by atoms with van der Waals surface area (Å²) in [6.45, 7) is 4.84. The fourth-order valence-electron chi connectivity index (χ4n) is 4.38. The molecule has 1 aromatic carbocycles. The van der Waals surface area contributed by atoms with Gasteiger partial charge in [-0.3, -0.25) is 14.4 Å². The lowest BCUT2D eigenvalue weighted by molar-refractivity contribution is -0.130. The van der Waals surface area contributed by atoms with E-state index in [-0.39, 0.29) is 42.0 Å². The maximum absolute atomic E-state index is 13.7. The van der Waals surface area contributed by atoms with E-state index in [4.69, 9.17) is 9.90 Å². The average molecular weight is 402 g/mol. The highest BCUT2D eigenvalue weighted by atomic mass is 19.1. The second-order valence-electron chi connectivity index (χ2n) is 7.29. The summed E-state index contributed by atoms with van der Waals surface area (Å²) >= 11 is 0. The van der Waals surface area contributed by atoms with E-state index in [1.165, 1.54) is 18.5 Å². The third-order valence-electron chi connectivity index (χ3n) is 5.58. The summed E-state index contributed by atoms with van der Waals surface area (Å²) in [7, 11) is 0.